The van der Waals surface area contributed by atoms with E-state index in [1.165, 1.54) is 31.2 Å². The molecule has 4 heteroatoms. The average Bonchev–Trinajstić information content (AvgIpc) is 2.14. The van der Waals surface area contributed by atoms with Crippen LogP contribution in [0.25, 0.3) is 6.08 Å². The van der Waals surface area contributed by atoms with Gasteiger partial charge in [-0.1, -0.05) is 6.07 Å². The van der Waals surface area contributed by atoms with Crippen LogP contribution in [-0.4, -0.2) is 17.0 Å². The highest BCUT2D eigenvalue weighted by atomic mass is 16.4. The first-order valence-electron chi connectivity index (χ1n) is 4.06. The number of carbonyl (C=O) groups is 1. The normalized spacial score (nSPS) is 13.0. The first-order chi connectivity index (χ1) is 6.59. The molecule has 1 aromatic heterocycles. The molecule has 0 amide bonds. The Morgan fingerprint density at radius 1 is 1.57 bits per heavy atom. The zero-order valence-corrected chi connectivity index (χ0v) is 7.64. The number of carbonyl (C=O) groups excluding carboxylic acids is 1. The van der Waals surface area contributed by atoms with Gasteiger partial charge in [0, 0.05) is 6.07 Å². The molecule has 74 valence electrons. The van der Waals surface area contributed by atoms with Crippen LogP contribution in [0.3, 0.4) is 0 Å². The second kappa shape index (κ2) is 4.53. The van der Waals surface area contributed by atoms with E-state index in [1.807, 2.05) is 0 Å². The van der Waals surface area contributed by atoms with Crippen LogP contribution in [0.15, 0.2) is 33.5 Å². The van der Waals surface area contributed by atoms with Crippen molar-refractivity contribution in [1.82, 2.24) is 0 Å². The van der Waals surface area contributed by atoms with Gasteiger partial charge in [0.1, 0.15) is 11.9 Å². The summed E-state index contributed by atoms with van der Waals surface area (Å²) < 4.78 is 4.74. The molecule has 0 aliphatic rings. The Morgan fingerprint density at radius 2 is 2.29 bits per heavy atom. The Morgan fingerprint density at radius 3 is 2.86 bits per heavy atom. The summed E-state index contributed by atoms with van der Waals surface area (Å²) in [5.74, 6) is -0.0580. The molecule has 1 heterocycles. The molecule has 4 nitrogen and oxygen atoms in total. The standard InChI is InChI=1S/C10H10O4/c1-7(11)9(12)6-5-8-3-2-4-10(13)14-8/h2-6,9,12H,1H3/b6-5+. The first-order valence-corrected chi connectivity index (χ1v) is 4.06. The molecule has 0 radical (unpaired) electrons. The fraction of sp³-hybridized carbons (Fsp3) is 0.200. The summed E-state index contributed by atoms with van der Waals surface area (Å²) in [5, 5.41) is 9.10. The van der Waals surface area contributed by atoms with Gasteiger partial charge in [-0.15, -0.1) is 0 Å². The largest absolute Gasteiger partial charge is 0.423 e. The number of aliphatic hydroxyl groups is 1. The van der Waals surface area contributed by atoms with Gasteiger partial charge in [-0.3, -0.25) is 4.79 Å². The summed E-state index contributed by atoms with van der Waals surface area (Å²) in [6.45, 7) is 1.27. The molecule has 0 aliphatic carbocycles. The van der Waals surface area contributed by atoms with E-state index in [4.69, 9.17) is 9.52 Å². The third-order valence-corrected chi connectivity index (χ3v) is 1.57. The molecule has 0 saturated carbocycles. The van der Waals surface area contributed by atoms with Crippen molar-refractivity contribution in [2.75, 3.05) is 0 Å². The van der Waals surface area contributed by atoms with E-state index in [2.05, 4.69) is 0 Å². The lowest BCUT2D eigenvalue weighted by atomic mass is 10.2. The van der Waals surface area contributed by atoms with Crippen molar-refractivity contribution in [3.05, 3.63) is 40.5 Å². The van der Waals surface area contributed by atoms with Gasteiger partial charge in [0.15, 0.2) is 5.78 Å². The Labute approximate surface area is 80.5 Å². The molecule has 1 aromatic rings. The minimum Gasteiger partial charge on any atom is -0.423 e. The Balaban J connectivity index is 2.78. The number of hydrogen-bond acceptors (Lipinski definition) is 4. The lowest BCUT2D eigenvalue weighted by molar-refractivity contribution is -0.122. The van der Waals surface area contributed by atoms with Crippen molar-refractivity contribution in [2.24, 2.45) is 0 Å². The monoisotopic (exact) mass is 194 g/mol. The molecule has 0 aromatic carbocycles. The van der Waals surface area contributed by atoms with Crippen LogP contribution in [0.5, 0.6) is 0 Å². The number of hydrogen-bond donors (Lipinski definition) is 1. The second-order valence-electron chi connectivity index (χ2n) is 2.76. The first kappa shape index (κ1) is 10.4. The van der Waals surface area contributed by atoms with E-state index in [9.17, 15) is 9.59 Å². The van der Waals surface area contributed by atoms with E-state index in [0.717, 1.165) is 0 Å². The summed E-state index contributed by atoms with van der Waals surface area (Å²) in [6.07, 6.45) is 1.49. The SMILES string of the molecule is CC(=O)C(O)/C=C/c1cccc(=O)o1. The number of Topliss-reactive ketones (excluding diaryl/α,β-unsaturated/α-hetero) is 1. The van der Waals surface area contributed by atoms with E-state index in [0.29, 0.717) is 5.76 Å². The maximum atomic E-state index is 10.7. The van der Waals surface area contributed by atoms with Gasteiger partial charge >= 0.3 is 5.63 Å². The quantitative estimate of drug-likeness (QED) is 0.765. The minimum absolute atomic E-state index is 0.304. The number of ketones is 1. The zero-order valence-electron chi connectivity index (χ0n) is 7.64. The van der Waals surface area contributed by atoms with Gasteiger partial charge in [0.2, 0.25) is 0 Å². The molecule has 1 atom stereocenters. The van der Waals surface area contributed by atoms with Gasteiger partial charge in [0.05, 0.1) is 0 Å². The third kappa shape index (κ3) is 2.99. The number of aliphatic hydroxyl groups excluding tert-OH is 1. The highest BCUT2D eigenvalue weighted by molar-refractivity contribution is 5.82. The van der Waals surface area contributed by atoms with Crippen LogP contribution < -0.4 is 5.63 Å². The Kier molecular flexibility index (Phi) is 3.36. The van der Waals surface area contributed by atoms with Crippen molar-refractivity contribution in [3.8, 4) is 0 Å². The van der Waals surface area contributed by atoms with Crippen molar-refractivity contribution < 1.29 is 14.3 Å². The summed E-state index contributed by atoms with van der Waals surface area (Å²) in [7, 11) is 0. The Bertz CT molecular complexity index is 403. The summed E-state index contributed by atoms with van der Waals surface area (Å²) >= 11 is 0. The molecule has 1 rings (SSSR count). The van der Waals surface area contributed by atoms with E-state index < -0.39 is 11.7 Å². The van der Waals surface area contributed by atoms with Crippen LogP contribution >= 0.6 is 0 Å². The van der Waals surface area contributed by atoms with Gasteiger partial charge < -0.3 is 9.52 Å². The van der Waals surface area contributed by atoms with Gasteiger partial charge in [-0.25, -0.2) is 4.79 Å². The molecule has 14 heavy (non-hydrogen) atoms. The van der Waals surface area contributed by atoms with Crippen molar-refractivity contribution in [3.63, 3.8) is 0 Å². The maximum absolute atomic E-state index is 10.7. The van der Waals surface area contributed by atoms with Crippen LogP contribution in [0.1, 0.15) is 12.7 Å². The maximum Gasteiger partial charge on any atom is 0.336 e. The van der Waals surface area contributed by atoms with Crippen LogP contribution in [0.2, 0.25) is 0 Å². The fourth-order valence-electron chi connectivity index (χ4n) is 0.817. The molecular weight excluding hydrogens is 184 g/mol. The fourth-order valence-corrected chi connectivity index (χ4v) is 0.817. The van der Waals surface area contributed by atoms with Crippen molar-refractivity contribution in [2.45, 2.75) is 13.0 Å². The molecule has 0 aliphatic heterocycles. The van der Waals surface area contributed by atoms with Gasteiger partial charge in [-0.2, -0.15) is 0 Å². The molecule has 0 saturated heterocycles. The highest BCUT2D eigenvalue weighted by Crippen LogP contribution is 1.99. The summed E-state index contributed by atoms with van der Waals surface area (Å²) in [6, 6.07) is 4.37. The van der Waals surface area contributed by atoms with Gasteiger partial charge in [-0.05, 0) is 25.1 Å². The zero-order chi connectivity index (χ0) is 10.6. The molecule has 0 fully saturated rings. The lowest BCUT2D eigenvalue weighted by Crippen LogP contribution is -2.12. The van der Waals surface area contributed by atoms with Gasteiger partial charge in [0.25, 0.3) is 0 Å². The van der Waals surface area contributed by atoms with E-state index >= 15 is 0 Å². The third-order valence-electron chi connectivity index (χ3n) is 1.57. The average molecular weight is 194 g/mol. The summed E-state index contributed by atoms with van der Waals surface area (Å²) in [5.41, 5.74) is -0.468. The lowest BCUT2D eigenvalue weighted by Gasteiger charge is -1.97. The predicted molar refractivity (Wildman–Crippen MR) is 50.7 cm³/mol. The molecule has 1 N–H and O–H groups in total. The van der Waals surface area contributed by atoms with Crippen LogP contribution in [0.4, 0.5) is 0 Å². The second-order valence-corrected chi connectivity index (χ2v) is 2.76. The predicted octanol–water partition coefficient (Wildman–Crippen LogP) is 0.603. The van der Waals surface area contributed by atoms with Crippen molar-refractivity contribution >= 4 is 11.9 Å². The molecule has 1 unspecified atom stereocenters. The topological polar surface area (TPSA) is 67.5 Å². The summed E-state index contributed by atoms with van der Waals surface area (Å²) in [4.78, 5) is 21.4. The van der Waals surface area contributed by atoms with Crippen LogP contribution in [-0.2, 0) is 4.79 Å². The molecule has 0 bridgehead atoms. The smallest absolute Gasteiger partial charge is 0.336 e. The van der Waals surface area contributed by atoms with Crippen LogP contribution in [0, 0.1) is 0 Å². The number of rotatable bonds is 3. The Hall–Kier alpha value is -1.68. The van der Waals surface area contributed by atoms with E-state index in [-0.39, 0.29) is 5.78 Å². The van der Waals surface area contributed by atoms with Crippen molar-refractivity contribution in [1.29, 1.82) is 0 Å². The van der Waals surface area contributed by atoms with E-state index in [1.54, 1.807) is 6.07 Å². The molecular formula is C10H10O4. The molecule has 0 spiro atoms. The minimum atomic E-state index is -1.15. The highest BCUT2D eigenvalue weighted by Gasteiger charge is 2.03.